The van der Waals surface area contributed by atoms with Gasteiger partial charge in [-0.3, -0.25) is 0 Å². The minimum absolute atomic E-state index is 0.0944. The zero-order valence-corrected chi connectivity index (χ0v) is 13.7. The van der Waals surface area contributed by atoms with Gasteiger partial charge in [0.1, 0.15) is 0 Å². The molecule has 0 saturated heterocycles. The topological polar surface area (TPSA) is 37.4 Å². The van der Waals surface area contributed by atoms with Crippen LogP contribution in [0.5, 0.6) is 0 Å². The normalized spacial score (nSPS) is 19.1. The number of rotatable bonds is 8. The molecule has 2 aliphatic carbocycles. The van der Waals surface area contributed by atoms with Crippen LogP contribution in [0.25, 0.3) is 0 Å². The van der Waals surface area contributed by atoms with Crippen molar-refractivity contribution >= 4 is 21.6 Å². The number of hydrogen-bond donors (Lipinski definition) is 0. The van der Waals surface area contributed by atoms with Crippen LogP contribution in [0.1, 0.15) is 36.8 Å². The van der Waals surface area contributed by atoms with Gasteiger partial charge in [-0.25, -0.2) is 12.7 Å². The molecular formula is C16H22ClNO2S. The largest absolute Gasteiger partial charge is 0.218 e. The van der Waals surface area contributed by atoms with Gasteiger partial charge in [-0.2, -0.15) is 0 Å². The van der Waals surface area contributed by atoms with Gasteiger partial charge in [-0.15, -0.1) is 11.6 Å². The molecular weight excluding hydrogens is 306 g/mol. The Morgan fingerprint density at radius 1 is 1.05 bits per heavy atom. The molecule has 0 unspecified atom stereocenters. The predicted molar refractivity (Wildman–Crippen MR) is 85.6 cm³/mol. The monoisotopic (exact) mass is 327 g/mol. The zero-order chi connectivity index (χ0) is 14.9. The van der Waals surface area contributed by atoms with Crippen LogP contribution in [0, 0.1) is 11.8 Å². The molecule has 1 aromatic carbocycles. The van der Waals surface area contributed by atoms with Gasteiger partial charge < -0.3 is 0 Å². The lowest BCUT2D eigenvalue weighted by molar-refractivity contribution is 0.381. The van der Waals surface area contributed by atoms with Gasteiger partial charge in [0.2, 0.25) is 10.0 Å². The summed E-state index contributed by atoms with van der Waals surface area (Å²) < 4.78 is 27.2. The second-order valence-electron chi connectivity index (χ2n) is 6.41. The molecule has 0 heterocycles. The highest BCUT2D eigenvalue weighted by atomic mass is 35.5. The van der Waals surface area contributed by atoms with Crippen molar-refractivity contribution in [2.75, 3.05) is 13.1 Å². The Balaban J connectivity index is 1.72. The van der Waals surface area contributed by atoms with Gasteiger partial charge >= 0.3 is 0 Å². The quantitative estimate of drug-likeness (QED) is 0.686. The molecule has 0 N–H and O–H groups in total. The maximum absolute atomic E-state index is 12.7. The maximum Gasteiger partial charge on any atom is 0.218 e. The van der Waals surface area contributed by atoms with Crippen LogP contribution in [0.2, 0.25) is 0 Å². The van der Waals surface area contributed by atoms with E-state index in [4.69, 9.17) is 11.6 Å². The first-order valence-corrected chi connectivity index (χ1v) is 9.83. The van der Waals surface area contributed by atoms with Gasteiger partial charge in [0.05, 0.1) is 5.75 Å². The standard InChI is InChI=1S/C16H22ClNO2S/c17-9-15-2-1-3-16(8-15)12-21(19,20)18(10-13-4-5-13)11-14-6-7-14/h1-3,8,13-14H,4-7,9-12H2. The molecule has 0 amide bonds. The number of halogens is 1. The van der Waals surface area contributed by atoms with E-state index in [9.17, 15) is 8.42 Å². The molecule has 0 aromatic heterocycles. The molecule has 0 atom stereocenters. The van der Waals surface area contributed by atoms with Crippen LogP contribution >= 0.6 is 11.6 Å². The first-order chi connectivity index (χ1) is 10.1. The van der Waals surface area contributed by atoms with E-state index in [0.29, 0.717) is 30.8 Å². The highest BCUT2D eigenvalue weighted by Gasteiger charge is 2.34. The maximum atomic E-state index is 12.7. The SMILES string of the molecule is O=S(=O)(Cc1cccc(CCl)c1)N(CC1CC1)CC1CC1. The third-order valence-corrected chi connectivity index (χ3v) is 6.30. The summed E-state index contributed by atoms with van der Waals surface area (Å²) in [5.41, 5.74) is 1.81. The van der Waals surface area contributed by atoms with E-state index in [1.165, 1.54) is 25.7 Å². The second-order valence-corrected chi connectivity index (χ2v) is 8.65. The third kappa shape index (κ3) is 4.44. The van der Waals surface area contributed by atoms with Gasteiger partial charge in [0, 0.05) is 19.0 Å². The van der Waals surface area contributed by atoms with Gasteiger partial charge in [-0.05, 0) is 48.6 Å². The number of benzene rings is 1. The zero-order valence-electron chi connectivity index (χ0n) is 12.2. The van der Waals surface area contributed by atoms with Crippen LogP contribution in [-0.2, 0) is 21.7 Å². The van der Waals surface area contributed by atoms with Crippen LogP contribution < -0.4 is 0 Å². The molecule has 5 heteroatoms. The van der Waals surface area contributed by atoms with E-state index < -0.39 is 10.0 Å². The Bertz CT molecular complexity index is 580. The van der Waals surface area contributed by atoms with Crippen molar-refractivity contribution < 1.29 is 8.42 Å². The van der Waals surface area contributed by atoms with Crippen molar-refractivity contribution in [3.05, 3.63) is 35.4 Å². The highest BCUT2D eigenvalue weighted by Crippen LogP contribution is 2.35. The molecule has 2 saturated carbocycles. The van der Waals surface area contributed by atoms with E-state index in [1.807, 2.05) is 24.3 Å². The third-order valence-electron chi connectivity index (χ3n) is 4.21. The Labute approximate surface area is 132 Å². The van der Waals surface area contributed by atoms with Gasteiger partial charge in [-0.1, -0.05) is 24.3 Å². The Kier molecular flexibility index (Phi) is 4.57. The molecule has 3 nitrogen and oxygen atoms in total. The second kappa shape index (κ2) is 6.27. The molecule has 2 fully saturated rings. The fourth-order valence-corrected chi connectivity index (χ4v) is 4.41. The van der Waals surface area contributed by atoms with E-state index in [2.05, 4.69) is 0 Å². The molecule has 0 spiro atoms. The van der Waals surface area contributed by atoms with Crippen molar-refractivity contribution in [1.29, 1.82) is 0 Å². The molecule has 2 aliphatic rings. The van der Waals surface area contributed by atoms with Crippen LogP contribution in [0.15, 0.2) is 24.3 Å². The number of sulfonamides is 1. The van der Waals surface area contributed by atoms with E-state index in [0.717, 1.165) is 11.1 Å². The summed E-state index contributed by atoms with van der Waals surface area (Å²) in [5, 5.41) is 0. The van der Waals surface area contributed by atoms with Crippen molar-refractivity contribution in [2.45, 2.75) is 37.3 Å². The van der Waals surface area contributed by atoms with E-state index in [1.54, 1.807) is 4.31 Å². The average molecular weight is 328 g/mol. The smallest absolute Gasteiger partial charge is 0.212 e. The summed E-state index contributed by atoms with van der Waals surface area (Å²) in [6.45, 7) is 1.43. The molecule has 0 radical (unpaired) electrons. The molecule has 3 rings (SSSR count). The van der Waals surface area contributed by atoms with Crippen LogP contribution in [0.4, 0.5) is 0 Å². The summed E-state index contributed by atoms with van der Waals surface area (Å²) in [5.74, 6) is 1.69. The van der Waals surface area contributed by atoms with Crippen LogP contribution in [0.3, 0.4) is 0 Å². The Morgan fingerprint density at radius 2 is 1.62 bits per heavy atom. The van der Waals surface area contributed by atoms with E-state index >= 15 is 0 Å². The first kappa shape index (κ1) is 15.3. The van der Waals surface area contributed by atoms with Crippen molar-refractivity contribution in [3.8, 4) is 0 Å². The summed E-state index contributed by atoms with van der Waals surface area (Å²) in [6, 6.07) is 7.58. The van der Waals surface area contributed by atoms with Crippen LogP contribution in [-0.4, -0.2) is 25.8 Å². The van der Waals surface area contributed by atoms with Gasteiger partial charge in [0.25, 0.3) is 0 Å². The number of hydrogen-bond acceptors (Lipinski definition) is 2. The van der Waals surface area contributed by atoms with Gasteiger partial charge in [0.15, 0.2) is 0 Å². The molecule has 116 valence electrons. The van der Waals surface area contributed by atoms with Crippen molar-refractivity contribution in [2.24, 2.45) is 11.8 Å². The lowest BCUT2D eigenvalue weighted by atomic mass is 10.2. The predicted octanol–water partition coefficient (Wildman–Crippen LogP) is 3.38. The minimum Gasteiger partial charge on any atom is -0.212 e. The molecule has 0 bridgehead atoms. The highest BCUT2D eigenvalue weighted by molar-refractivity contribution is 7.88. The molecule has 1 aromatic rings. The van der Waals surface area contributed by atoms with E-state index in [-0.39, 0.29) is 5.75 Å². The minimum atomic E-state index is -3.22. The summed E-state index contributed by atoms with van der Waals surface area (Å²) >= 11 is 5.83. The Hall–Kier alpha value is -0.580. The molecule has 0 aliphatic heterocycles. The number of alkyl halides is 1. The Morgan fingerprint density at radius 3 is 2.14 bits per heavy atom. The first-order valence-electron chi connectivity index (χ1n) is 7.68. The molecule has 21 heavy (non-hydrogen) atoms. The summed E-state index contributed by atoms with van der Waals surface area (Å²) in [6.07, 6.45) is 4.72. The number of nitrogens with zero attached hydrogens (tertiary/aromatic N) is 1. The lowest BCUT2D eigenvalue weighted by Crippen LogP contribution is -2.35. The fourth-order valence-electron chi connectivity index (χ4n) is 2.58. The van der Waals surface area contributed by atoms with Crippen molar-refractivity contribution in [1.82, 2.24) is 4.31 Å². The fraction of sp³-hybridized carbons (Fsp3) is 0.625. The summed E-state index contributed by atoms with van der Waals surface area (Å²) in [7, 11) is -3.22. The van der Waals surface area contributed by atoms with Crippen molar-refractivity contribution in [3.63, 3.8) is 0 Å². The summed E-state index contributed by atoms with van der Waals surface area (Å²) in [4.78, 5) is 0. The lowest BCUT2D eigenvalue weighted by Gasteiger charge is -2.22. The average Bonchev–Trinajstić information content (AvgIpc) is 3.33.